The number of nitrogens with zero attached hydrogens (tertiary/aromatic N) is 1. The number of benzene rings is 1. The molecule has 0 heterocycles. The Morgan fingerprint density at radius 3 is 2.75 bits per heavy atom. The van der Waals surface area contributed by atoms with Gasteiger partial charge in [0.05, 0.1) is 11.6 Å². The lowest BCUT2D eigenvalue weighted by molar-refractivity contribution is 0.0693. The molecule has 0 saturated carbocycles. The third kappa shape index (κ3) is 2.49. The Kier molecular flexibility index (Phi) is 3.84. The Morgan fingerprint density at radius 2 is 2.25 bits per heavy atom. The van der Waals surface area contributed by atoms with Crippen molar-refractivity contribution in [1.29, 1.82) is 0 Å². The van der Waals surface area contributed by atoms with Crippen LogP contribution in [0.25, 0.3) is 0 Å². The van der Waals surface area contributed by atoms with Gasteiger partial charge in [-0.25, -0.2) is 14.2 Å². The molecule has 16 heavy (non-hydrogen) atoms. The largest absolute Gasteiger partial charge is 0.478 e. The number of carboxylic acids is 1. The third-order valence-electron chi connectivity index (χ3n) is 1.94. The molecule has 0 bridgehead atoms. The van der Waals surface area contributed by atoms with Gasteiger partial charge in [-0.15, -0.1) is 11.6 Å². The van der Waals surface area contributed by atoms with E-state index >= 15 is 0 Å². The molecule has 0 unspecified atom stereocenters. The highest BCUT2D eigenvalue weighted by molar-refractivity contribution is 6.28. The van der Waals surface area contributed by atoms with Gasteiger partial charge in [-0.05, 0) is 18.6 Å². The SMILES string of the molecule is Cc1ccc(F)c(C(=O)O)c1N=C(N)CCl. The third-order valence-corrected chi connectivity index (χ3v) is 2.21. The number of nitrogens with two attached hydrogens (primary N) is 1. The molecule has 1 aromatic rings. The lowest BCUT2D eigenvalue weighted by atomic mass is 10.1. The number of hydrogen-bond acceptors (Lipinski definition) is 2. The molecule has 1 rings (SSSR count). The van der Waals surface area contributed by atoms with Gasteiger partial charge < -0.3 is 10.8 Å². The summed E-state index contributed by atoms with van der Waals surface area (Å²) in [6, 6.07) is 2.51. The Labute approximate surface area is 96.6 Å². The maximum absolute atomic E-state index is 13.3. The molecule has 0 radical (unpaired) electrons. The Morgan fingerprint density at radius 1 is 1.62 bits per heavy atom. The van der Waals surface area contributed by atoms with Crippen LogP contribution < -0.4 is 5.73 Å². The molecule has 4 nitrogen and oxygen atoms in total. The van der Waals surface area contributed by atoms with Gasteiger partial charge in [0.25, 0.3) is 0 Å². The van der Waals surface area contributed by atoms with Crippen molar-refractivity contribution in [3.05, 3.63) is 29.1 Å². The van der Waals surface area contributed by atoms with Gasteiger partial charge >= 0.3 is 5.97 Å². The van der Waals surface area contributed by atoms with E-state index in [4.69, 9.17) is 22.4 Å². The number of hydrogen-bond donors (Lipinski definition) is 2. The summed E-state index contributed by atoms with van der Waals surface area (Å²) in [4.78, 5) is 14.7. The number of aromatic carboxylic acids is 1. The van der Waals surface area contributed by atoms with Crippen LogP contribution in [0.4, 0.5) is 10.1 Å². The summed E-state index contributed by atoms with van der Waals surface area (Å²) in [7, 11) is 0. The number of amidine groups is 1. The van der Waals surface area contributed by atoms with E-state index < -0.39 is 17.3 Å². The lowest BCUT2D eigenvalue weighted by Gasteiger charge is -2.06. The average molecular weight is 245 g/mol. The van der Waals surface area contributed by atoms with E-state index in [1.165, 1.54) is 6.07 Å². The average Bonchev–Trinajstić information content (AvgIpc) is 2.22. The van der Waals surface area contributed by atoms with Gasteiger partial charge in [0.15, 0.2) is 0 Å². The van der Waals surface area contributed by atoms with Crippen LogP contribution in [0.5, 0.6) is 0 Å². The first-order chi connectivity index (χ1) is 7.47. The molecule has 6 heteroatoms. The number of alkyl halides is 1. The summed E-state index contributed by atoms with van der Waals surface area (Å²) in [5.41, 5.74) is 5.43. The summed E-state index contributed by atoms with van der Waals surface area (Å²) in [5, 5.41) is 8.87. The molecule has 3 N–H and O–H groups in total. The number of aliphatic imine (C=N–C) groups is 1. The van der Waals surface area contributed by atoms with Crippen LogP contribution in [0.15, 0.2) is 17.1 Å². The molecule has 0 aliphatic rings. The first-order valence-electron chi connectivity index (χ1n) is 4.38. The number of carboxylic acid groups (broad SMARTS) is 1. The van der Waals surface area contributed by atoms with Gasteiger partial charge in [-0.2, -0.15) is 0 Å². The highest BCUT2D eigenvalue weighted by atomic mass is 35.5. The fourth-order valence-electron chi connectivity index (χ4n) is 1.19. The quantitative estimate of drug-likeness (QED) is 0.485. The summed E-state index contributed by atoms with van der Waals surface area (Å²) in [6.07, 6.45) is 0. The van der Waals surface area contributed by atoms with E-state index in [0.29, 0.717) is 5.56 Å². The van der Waals surface area contributed by atoms with E-state index in [2.05, 4.69) is 4.99 Å². The number of rotatable bonds is 3. The molecular formula is C10H10ClFN2O2. The molecule has 0 fully saturated rings. The van der Waals surface area contributed by atoms with Crippen LogP contribution in [0.1, 0.15) is 15.9 Å². The molecule has 1 aromatic carbocycles. The molecular weight excluding hydrogens is 235 g/mol. The van der Waals surface area contributed by atoms with Gasteiger partial charge in [0.1, 0.15) is 17.2 Å². The highest BCUT2D eigenvalue weighted by Gasteiger charge is 2.17. The number of halogens is 2. The second kappa shape index (κ2) is 4.94. The number of aryl methyl sites for hydroxylation is 1. The van der Waals surface area contributed by atoms with Crippen molar-refractivity contribution in [3.63, 3.8) is 0 Å². The second-order valence-corrected chi connectivity index (χ2v) is 3.40. The van der Waals surface area contributed by atoms with Gasteiger partial charge in [0.2, 0.25) is 0 Å². The standard InChI is InChI=1S/C10H10ClFN2O2/c1-5-2-3-6(12)8(10(15)16)9(5)14-7(13)4-11/h2-3H,4H2,1H3,(H2,13,14)(H,15,16). The predicted octanol–water partition coefficient (Wildman–Crippen LogP) is 2.06. The maximum atomic E-state index is 13.3. The fourth-order valence-corrected chi connectivity index (χ4v) is 1.25. The Bertz CT molecular complexity index is 460. The highest BCUT2D eigenvalue weighted by Crippen LogP contribution is 2.26. The zero-order chi connectivity index (χ0) is 12.3. The van der Waals surface area contributed by atoms with E-state index in [1.54, 1.807) is 6.92 Å². The topological polar surface area (TPSA) is 75.7 Å². The molecule has 0 amide bonds. The molecule has 0 atom stereocenters. The van der Waals surface area contributed by atoms with Crippen LogP contribution in [-0.2, 0) is 0 Å². The smallest absolute Gasteiger partial charge is 0.340 e. The number of carbonyl (C=O) groups is 1. The van der Waals surface area contributed by atoms with E-state index in [-0.39, 0.29) is 17.4 Å². The maximum Gasteiger partial charge on any atom is 0.340 e. The minimum Gasteiger partial charge on any atom is -0.478 e. The molecule has 0 spiro atoms. The van der Waals surface area contributed by atoms with Crippen LogP contribution in [-0.4, -0.2) is 22.8 Å². The minimum atomic E-state index is -1.39. The summed E-state index contributed by atoms with van der Waals surface area (Å²) in [6.45, 7) is 1.62. The van der Waals surface area contributed by atoms with Gasteiger partial charge in [-0.3, -0.25) is 0 Å². The molecule has 86 valence electrons. The Hall–Kier alpha value is -1.62. The van der Waals surface area contributed by atoms with Crippen molar-refractivity contribution in [3.8, 4) is 0 Å². The van der Waals surface area contributed by atoms with Crippen molar-refractivity contribution in [2.75, 3.05) is 5.88 Å². The van der Waals surface area contributed by atoms with E-state index in [1.807, 2.05) is 0 Å². The summed E-state index contributed by atoms with van der Waals surface area (Å²) >= 11 is 5.43. The first kappa shape index (κ1) is 12.4. The van der Waals surface area contributed by atoms with E-state index in [9.17, 15) is 9.18 Å². The summed E-state index contributed by atoms with van der Waals surface area (Å²) < 4.78 is 13.3. The first-order valence-corrected chi connectivity index (χ1v) is 4.92. The van der Waals surface area contributed by atoms with Gasteiger partial charge in [-0.1, -0.05) is 6.07 Å². The Balaban J connectivity index is 3.46. The fraction of sp³-hybridized carbons (Fsp3) is 0.200. The normalized spacial score (nSPS) is 11.6. The van der Waals surface area contributed by atoms with Crippen LogP contribution in [0.3, 0.4) is 0 Å². The van der Waals surface area contributed by atoms with Crippen LogP contribution >= 0.6 is 11.6 Å². The minimum absolute atomic E-state index is 0.00523. The lowest BCUT2D eigenvalue weighted by Crippen LogP contribution is -2.13. The zero-order valence-electron chi connectivity index (χ0n) is 8.50. The van der Waals surface area contributed by atoms with Crippen molar-refractivity contribution < 1.29 is 14.3 Å². The second-order valence-electron chi connectivity index (χ2n) is 3.13. The zero-order valence-corrected chi connectivity index (χ0v) is 9.25. The van der Waals surface area contributed by atoms with Crippen molar-refractivity contribution >= 4 is 29.1 Å². The molecule has 0 aliphatic carbocycles. The monoisotopic (exact) mass is 244 g/mol. The van der Waals surface area contributed by atoms with Crippen LogP contribution in [0, 0.1) is 12.7 Å². The van der Waals surface area contributed by atoms with Crippen LogP contribution in [0.2, 0.25) is 0 Å². The summed E-state index contributed by atoms with van der Waals surface area (Å²) in [5.74, 6) is -2.24. The predicted molar refractivity (Wildman–Crippen MR) is 60.1 cm³/mol. The molecule has 0 aliphatic heterocycles. The molecule has 0 aromatic heterocycles. The van der Waals surface area contributed by atoms with Crippen molar-refractivity contribution in [1.82, 2.24) is 0 Å². The van der Waals surface area contributed by atoms with E-state index in [0.717, 1.165) is 6.07 Å². The molecule has 0 saturated heterocycles. The van der Waals surface area contributed by atoms with Gasteiger partial charge in [0, 0.05) is 0 Å². The van der Waals surface area contributed by atoms with Crippen molar-refractivity contribution in [2.24, 2.45) is 10.7 Å². The van der Waals surface area contributed by atoms with Crippen molar-refractivity contribution in [2.45, 2.75) is 6.92 Å².